The van der Waals surface area contributed by atoms with Gasteiger partial charge in [-0.05, 0) is 42.3 Å². The number of alkyl halides is 3. The number of rotatable bonds is 7. The van der Waals surface area contributed by atoms with Crippen LogP contribution in [0.3, 0.4) is 0 Å². The number of hydrogen-bond donors (Lipinski definition) is 2. The second-order valence-electron chi connectivity index (χ2n) is 6.23. The van der Waals surface area contributed by atoms with E-state index < -0.39 is 39.3 Å². The average molecular weight is 451 g/mol. The van der Waals surface area contributed by atoms with Gasteiger partial charge in [-0.3, -0.25) is 9.52 Å². The molecule has 0 atom stereocenters. The van der Waals surface area contributed by atoms with Gasteiger partial charge in [0.25, 0.3) is 5.91 Å². The minimum absolute atomic E-state index is 0.0326. The van der Waals surface area contributed by atoms with Crippen molar-refractivity contribution >= 4 is 33.2 Å². The molecule has 0 saturated carbocycles. The number of ether oxygens (including phenoxy) is 1. The first-order valence-electron chi connectivity index (χ1n) is 8.19. The number of hydrogen-bond acceptors (Lipinski definition) is 4. The topological polar surface area (TPSA) is 84.5 Å². The van der Waals surface area contributed by atoms with E-state index in [2.05, 4.69) is 10.0 Å². The summed E-state index contributed by atoms with van der Waals surface area (Å²) in [6, 6.07) is 7.80. The summed E-state index contributed by atoms with van der Waals surface area (Å²) < 4.78 is 68.1. The largest absolute Gasteiger partial charge is 0.484 e. The third-order valence-corrected chi connectivity index (χ3v) is 4.60. The van der Waals surface area contributed by atoms with Gasteiger partial charge in [-0.2, -0.15) is 13.2 Å². The van der Waals surface area contributed by atoms with Crippen LogP contribution in [0, 0.1) is 6.92 Å². The van der Waals surface area contributed by atoms with E-state index in [0.29, 0.717) is 11.3 Å². The van der Waals surface area contributed by atoms with E-state index >= 15 is 0 Å². The number of carbonyl (C=O) groups is 1. The molecule has 0 aromatic heterocycles. The predicted octanol–water partition coefficient (Wildman–Crippen LogP) is 3.73. The van der Waals surface area contributed by atoms with Gasteiger partial charge in [-0.1, -0.05) is 23.7 Å². The van der Waals surface area contributed by atoms with Crippen LogP contribution in [-0.2, 0) is 27.5 Å². The molecule has 0 aliphatic heterocycles. The summed E-state index contributed by atoms with van der Waals surface area (Å²) in [6.07, 6.45) is -3.53. The molecule has 158 valence electrons. The zero-order valence-corrected chi connectivity index (χ0v) is 17.0. The second-order valence-corrected chi connectivity index (χ2v) is 8.38. The Labute approximate surface area is 171 Å². The summed E-state index contributed by atoms with van der Waals surface area (Å²) in [4.78, 5) is 11.9. The molecule has 0 fully saturated rings. The molecule has 29 heavy (non-hydrogen) atoms. The molecule has 0 bridgehead atoms. The molecule has 1 amide bonds. The average Bonchev–Trinajstić information content (AvgIpc) is 2.58. The van der Waals surface area contributed by atoms with E-state index in [1.807, 2.05) is 0 Å². The summed E-state index contributed by atoms with van der Waals surface area (Å²) in [5.41, 5.74) is 0.857. The van der Waals surface area contributed by atoms with Crippen molar-refractivity contribution in [2.75, 3.05) is 17.6 Å². The van der Waals surface area contributed by atoms with Crippen molar-refractivity contribution in [2.45, 2.75) is 19.6 Å². The van der Waals surface area contributed by atoms with E-state index in [1.165, 1.54) is 0 Å². The van der Waals surface area contributed by atoms with Gasteiger partial charge in [0.2, 0.25) is 10.0 Å². The van der Waals surface area contributed by atoms with Crippen LogP contribution in [0.5, 0.6) is 5.75 Å². The molecule has 11 heteroatoms. The zero-order valence-electron chi connectivity index (χ0n) is 15.4. The highest BCUT2D eigenvalue weighted by molar-refractivity contribution is 7.92. The number of nitrogens with one attached hydrogen (secondary N) is 2. The van der Waals surface area contributed by atoms with Crippen LogP contribution in [0.4, 0.5) is 18.9 Å². The number of carbonyl (C=O) groups excluding carboxylic acids is 1. The third kappa shape index (κ3) is 7.13. The highest BCUT2D eigenvalue weighted by Gasteiger charge is 2.33. The van der Waals surface area contributed by atoms with Gasteiger partial charge in [-0.25, -0.2) is 8.42 Å². The maximum Gasteiger partial charge on any atom is 0.417 e. The van der Waals surface area contributed by atoms with E-state index in [-0.39, 0.29) is 12.3 Å². The van der Waals surface area contributed by atoms with Gasteiger partial charge in [0.05, 0.1) is 22.5 Å². The Bertz CT molecular complexity index is 1010. The number of amides is 1. The van der Waals surface area contributed by atoms with Crippen LogP contribution in [0.25, 0.3) is 0 Å². The Morgan fingerprint density at radius 2 is 1.86 bits per heavy atom. The van der Waals surface area contributed by atoms with E-state index in [1.54, 1.807) is 25.1 Å². The van der Waals surface area contributed by atoms with Gasteiger partial charge in [0.15, 0.2) is 6.61 Å². The van der Waals surface area contributed by atoms with Crippen LogP contribution in [0.15, 0.2) is 36.4 Å². The lowest BCUT2D eigenvalue weighted by molar-refractivity contribution is -0.137. The van der Waals surface area contributed by atoms with Crippen molar-refractivity contribution in [1.29, 1.82) is 0 Å². The normalized spacial score (nSPS) is 11.8. The molecular formula is C18H18ClF3N2O4S. The van der Waals surface area contributed by atoms with Gasteiger partial charge < -0.3 is 10.1 Å². The molecular weight excluding hydrogens is 433 g/mol. The van der Waals surface area contributed by atoms with Crippen molar-refractivity contribution in [1.82, 2.24) is 5.32 Å². The number of aryl methyl sites for hydroxylation is 1. The Balaban J connectivity index is 1.89. The smallest absolute Gasteiger partial charge is 0.417 e. The summed E-state index contributed by atoms with van der Waals surface area (Å²) in [7, 11) is -3.39. The van der Waals surface area contributed by atoms with Gasteiger partial charge in [-0.15, -0.1) is 0 Å². The Kier molecular flexibility index (Phi) is 7.02. The molecule has 2 aromatic rings. The standard InChI is InChI=1S/C18H18ClF3N2O4S/c1-11-7-12(3-6-16(11)24-29(2,26)27)9-23-17(25)10-28-13-4-5-14(15(19)8-13)18(20,21)22/h3-8,24H,9-10H2,1-2H3,(H,23,25). The summed E-state index contributed by atoms with van der Waals surface area (Å²) in [5, 5.41) is 2.08. The van der Waals surface area contributed by atoms with Crippen LogP contribution in [0.2, 0.25) is 5.02 Å². The highest BCUT2D eigenvalue weighted by atomic mass is 35.5. The van der Waals surface area contributed by atoms with Crippen LogP contribution in [-0.4, -0.2) is 27.2 Å². The monoisotopic (exact) mass is 450 g/mol. The van der Waals surface area contributed by atoms with Crippen molar-refractivity contribution in [3.63, 3.8) is 0 Å². The highest BCUT2D eigenvalue weighted by Crippen LogP contribution is 2.36. The molecule has 2 rings (SSSR count). The fraction of sp³-hybridized carbons (Fsp3) is 0.278. The Hall–Kier alpha value is -2.46. The molecule has 2 N–H and O–H groups in total. The Morgan fingerprint density at radius 1 is 1.17 bits per heavy atom. The minimum atomic E-state index is -4.57. The van der Waals surface area contributed by atoms with Crippen molar-refractivity contribution in [3.8, 4) is 5.75 Å². The lowest BCUT2D eigenvalue weighted by Gasteiger charge is -2.12. The molecule has 0 heterocycles. The maximum atomic E-state index is 12.7. The SMILES string of the molecule is Cc1cc(CNC(=O)COc2ccc(C(F)(F)F)c(Cl)c2)ccc1NS(C)(=O)=O. The van der Waals surface area contributed by atoms with Crippen LogP contribution in [0.1, 0.15) is 16.7 Å². The molecule has 0 saturated heterocycles. The van der Waals surface area contributed by atoms with Crippen molar-refractivity contribution in [3.05, 3.63) is 58.1 Å². The summed E-state index contributed by atoms with van der Waals surface area (Å²) in [5.74, 6) is -0.456. The fourth-order valence-electron chi connectivity index (χ4n) is 2.37. The zero-order chi connectivity index (χ0) is 21.8. The van der Waals surface area contributed by atoms with Gasteiger partial charge in [0, 0.05) is 6.54 Å². The lowest BCUT2D eigenvalue weighted by atomic mass is 10.1. The van der Waals surface area contributed by atoms with E-state index in [4.69, 9.17) is 16.3 Å². The molecule has 0 radical (unpaired) electrons. The second kappa shape index (κ2) is 8.91. The molecule has 2 aromatic carbocycles. The summed E-state index contributed by atoms with van der Waals surface area (Å²) in [6.45, 7) is 1.47. The third-order valence-electron chi connectivity index (χ3n) is 3.69. The van der Waals surface area contributed by atoms with Crippen molar-refractivity contribution in [2.24, 2.45) is 0 Å². The van der Waals surface area contributed by atoms with Gasteiger partial charge >= 0.3 is 6.18 Å². The van der Waals surface area contributed by atoms with Crippen LogP contribution >= 0.6 is 11.6 Å². The number of benzene rings is 2. The maximum absolute atomic E-state index is 12.7. The lowest BCUT2D eigenvalue weighted by Crippen LogP contribution is -2.28. The first-order valence-corrected chi connectivity index (χ1v) is 10.5. The number of sulfonamides is 1. The van der Waals surface area contributed by atoms with Crippen molar-refractivity contribution < 1.29 is 31.1 Å². The minimum Gasteiger partial charge on any atom is -0.484 e. The van der Waals surface area contributed by atoms with Gasteiger partial charge in [0.1, 0.15) is 5.75 Å². The molecule has 0 aliphatic carbocycles. The number of anilines is 1. The quantitative estimate of drug-likeness (QED) is 0.673. The Morgan fingerprint density at radius 3 is 2.41 bits per heavy atom. The van der Waals surface area contributed by atoms with E-state index in [9.17, 15) is 26.4 Å². The predicted molar refractivity (Wildman–Crippen MR) is 103 cm³/mol. The first-order chi connectivity index (χ1) is 13.3. The molecule has 6 nitrogen and oxygen atoms in total. The van der Waals surface area contributed by atoms with E-state index in [0.717, 1.165) is 30.0 Å². The molecule has 0 unspecified atom stereocenters. The first kappa shape index (κ1) is 22.8. The summed E-state index contributed by atoms with van der Waals surface area (Å²) >= 11 is 5.59. The molecule has 0 aliphatic rings. The fourth-order valence-corrected chi connectivity index (χ4v) is 3.27. The molecule has 0 spiro atoms. The van der Waals surface area contributed by atoms with Crippen LogP contribution < -0.4 is 14.8 Å². The number of halogens is 4.